The van der Waals surface area contributed by atoms with Crippen LogP contribution in [0.5, 0.6) is 0 Å². The topological polar surface area (TPSA) is 0 Å². The third-order valence-corrected chi connectivity index (χ3v) is 3.39. The van der Waals surface area contributed by atoms with E-state index in [9.17, 15) is 0 Å². The van der Waals surface area contributed by atoms with Crippen LogP contribution in [0.4, 0.5) is 0 Å². The minimum atomic E-state index is 0.912. The van der Waals surface area contributed by atoms with Crippen LogP contribution >= 0.6 is 0 Å². The SMILES string of the molecule is CC[CH]CC(CCCCC)C(C)CC. The van der Waals surface area contributed by atoms with Crippen molar-refractivity contribution >= 4 is 0 Å². The minimum Gasteiger partial charge on any atom is -0.0654 e. The second-order valence-corrected chi connectivity index (χ2v) is 4.57. The van der Waals surface area contributed by atoms with Crippen LogP contribution in [0.2, 0.25) is 0 Å². The summed E-state index contributed by atoms with van der Waals surface area (Å²) in [6, 6.07) is 0. The zero-order valence-corrected chi connectivity index (χ0v) is 10.7. The van der Waals surface area contributed by atoms with Gasteiger partial charge in [0.2, 0.25) is 0 Å². The normalized spacial score (nSPS) is 15.4. The second kappa shape index (κ2) is 9.55. The van der Waals surface area contributed by atoms with Gasteiger partial charge in [0.25, 0.3) is 0 Å². The van der Waals surface area contributed by atoms with E-state index in [0.717, 1.165) is 11.8 Å². The van der Waals surface area contributed by atoms with E-state index >= 15 is 0 Å². The second-order valence-electron chi connectivity index (χ2n) is 4.57. The quantitative estimate of drug-likeness (QED) is 0.444. The lowest BCUT2D eigenvalue weighted by Gasteiger charge is -2.22. The van der Waals surface area contributed by atoms with Crippen LogP contribution in [-0.2, 0) is 0 Å². The number of hydrogen-bond acceptors (Lipinski definition) is 0. The van der Waals surface area contributed by atoms with Gasteiger partial charge in [-0.25, -0.2) is 0 Å². The van der Waals surface area contributed by atoms with Crippen molar-refractivity contribution in [2.24, 2.45) is 11.8 Å². The summed E-state index contributed by atoms with van der Waals surface area (Å²) in [5, 5.41) is 0. The zero-order chi connectivity index (χ0) is 10.8. The lowest BCUT2D eigenvalue weighted by molar-refractivity contribution is 0.311. The molecule has 0 saturated carbocycles. The summed E-state index contributed by atoms with van der Waals surface area (Å²) < 4.78 is 0. The minimum absolute atomic E-state index is 0.912. The van der Waals surface area contributed by atoms with E-state index in [1.54, 1.807) is 0 Å². The summed E-state index contributed by atoms with van der Waals surface area (Å²) in [5.74, 6) is 1.86. The Morgan fingerprint density at radius 1 is 1.07 bits per heavy atom. The molecule has 0 N–H and O–H groups in total. The third kappa shape index (κ3) is 6.45. The molecule has 1 radical (unpaired) electrons. The van der Waals surface area contributed by atoms with Crippen LogP contribution in [0.15, 0.2) is 0 Å². The van der Waals surface area contributed by atoms with Gasteiger partial charge in [-0.05, 0) is 24.7 Å². The van der Waals surface area contributed by atoms with Gasteiger partial charge in [-0.2, -0.15) is 0 Å². The van der Waals surface area contributed by atoms with Gasteiger partial charge in [-0.3, -0.25) is 0 Å². The molecule has 0 fully saturated rings. The van der Waals surface area contributed by atoms with Gasteiger partial charge in [-0.15, -0.1) is 0 Å². The van der Waals surface area contributed by atoms with Gasteiger partial charge in [-0.1, -0.05) is 66.2 Å². The van der Waals surface area contributed by atoms with Crippen LogP contribution in [0.25, 0.3) is 0 Å². The lowest BCUT2D eigenvalue weighted by Crippen LogP contribution is -2.11. The lowest BCUT2D eigenvalue weighted by atomic mass is 9.83. The molecular formula is C14H29. The highest BCUT2D eigenvalue weighted by molar-refractivity contribution is 4.73. The first-order valence-corrected chi connectivity index (χ1v) is 6.57. The van der Waals surface area contributed by atoms with Crippen molar-refractivity contribution in [3.63, 3.8) is 0 Å². The Morgan fingerprint density at radius 3 is 2.29 bits per heavy atom. The zero-order valence-electron chi connectivity index (χ0n) is 10.7. The monoisotopic (exact) mass is 197 g/mol. The fraction of sp³-hybridized carbons (Fsp3) is 0.929. The Labute approximate surface area is 91.5 Å². The maximum atomic E-state index is 2.46. The molecule has 0 bridgehead atoms. The molecule has 2 unspecified atom stereocenters. The van der Waals surface area contributed by atoms with E-state index in [0.29, 0.717) is 0 Å². The first-order chi connectivity index (χ1) is 6.76. The largest absolute Gasteiger partial charge is 0.0654 e. The molecule has 0 rings (SSSR count). The number of unbranched alkanes of at least 4 members (excludes halogenated alkanes) is 3. The Hall–Kier alpha value is 0. The van der Waals surface area contributed by atoms with Crippen molar-refractivity contribution in [3.8, 4) is 0 Å². The molecule has 0 nitrogen and oxygen atoms in total. The summed E-state index contributed by atoms with van der Waals surface area (Å²) in [6.07, 6.45) is 12.0. The van der Waals surface area contributed by atoms with Crippen LogP contribution in [-0.4, -0.2) is 0 Å². The first kappa shape index (κ1) is 14.0. The average molecular weight is 197 g/mol. The molecule has 0 amide bonds. The first-order valence-electron chi connectivity index (χ1n) is 6.57. The maximum absolute atomic E-state index is 2.46. The predicted molar refractivity (Wildman–Crippen MR) is 66.3 cm³/mol. The summed E-state index contributed by atoms with van der Waals surface area (Å²) in [6.45, 7) is 9.28. The smallest absolute Gasteiger partial charge is 0.0386 e. The predicted octanol–water partition coefficient (Wildman–Crippen LogP) is 5.23. The molecule has 0 spiro atoms. The van der Waals surface area contributed by atoms with E-state index in [1.165, 1.54) is 44.9 Å². The van der Waals surface area contributed by atoms with E-state index < -0.39 is 0 Å². The van der Waals surface area contributed by atoms with Crippen molar-refractivity contribution in [2.75, 3.05) is 0 Å². The standard InChI is InChI=1S/C14H29/c1-5-8-10-12-14(11-9-6-2)13(4)7-3/h9,13-14H,5-8,10-12H2,1-4H3. The number of rotatable bonds is 9. The molecule has 0 heterocycles. The molecule has 0 saturated heterocycles. The number of hydrogen-bond donors (Lipinski definition) is 0. The van der Waals surface area contributed by atoms with Gasteiger partial charge in [0.1, 0.15) is 0 Å². The molecule has 85 valence electrons. The van der Waals surface area contributed by atoms with E-state index in [-0.39, 0.29) is 0 Å². The van der Waals surface area contributed by atoms with Crippen molar-refractivity contribution in [1.82, 2.24) is 0 Å². The van der Waals surface area contributed by atoms with Crippen molar-refractivity contribution in [3.05, 3.63) is 6.42 Å². The summed E-state index contributed by atoms with van der Waals surface area (Å²) in [5.41, 5.74) is 0. The highest BCUT2D eigenvalue weighted by atomic mass is 14.2. The van der Waals surface area contributed by atoms with Gasteiger partial charge < -0.3 is 0 Å². The van der Waals surface area contributed by atoms with Crippen LogP contribution < -0.4 is 0 Å². The van der Waals surface area contributed by atoms with E-state index in [4.69, 9.17) is 0 Å². The molecule has 0 aromatic carbocycles. The highest BCUT2D eigenvalue weighted by Crippen LogP contribution is 2.26. The fourth-order valence-corrected chi connectivity index (χ4v) is 2.01. The summed E-state index contributed by atoms with van der Waals surface area (Å²) in [4.78, 5) is 0. The Morgan fingerprint density at radius 2 is 1.79 bits per heavy atom. The van der Waals surface area contributed by atoms with Crippen LogP contribution in [0.3, 0.4) is 0 Å². The third-order valence-electron chi connectivity index (χ3n) is 3.39. The van der Waals surface area contributed by atoms with Crippen LogP contribution in [0.1, 0.15) is 72.6 Å². The van der Waals surface area contributed by atoms with Gasteiger partial charge in [0, 0.05) is 0 Å². The molecule has 2 atom stereocenters. The molecule has 14 heavy (non-hydrogen) atoms. The van der Waals surface area contributed by atoms with Crippen molar-refractivity contribution < 1.29 is 0 Å². The molecule has 0 aromatic heterocycles. The molecule has 0 aliphatic heterocycles. The Kier molecular flexibility index (Phi) is 9.55. The van der Waals surface area contributed by atoms with Gasteiger partial charge in [0.05, 0.1) is 0 Å². The molecule has 0 heteroatoms. The molecule has 0 aliphatic rings. The van der Waals surface area contributed by atoms with Crippen molar-refractivity contribution in [1.29, 1.82) is 0 Å². The summed E-state index contributed by atoms with van der Waals surface area (Å²) >= 11 is 0. The summed E-state index contributed by atoms with van der Waals surface area (Å²) in [7, 11) is 0. The van der Waals surface area contributed by atoms with Gasteiger partial charge in [0.15, 0.2) is 0 Å². The van der Waals surface area contributed by atoms with Crippen molar-refractivity contribution in [2.45, 2.75) is 72.6 Å². The molecular weight excluding hydrogens is 168 g/mol. The Bertz CT molecular complexity index is 107. The maximum Gasteiger partial charge on any atom is -0.0386 e. The molecule has 0 aromatic rings. The highest BCUT2D eigenvalue weighted by Gasteiger charge is 2.14. The molecule has 0 aliphatic carbocycles. The van der Waals surface area contributed by atoms with E-state index in [2.05, 4.69) is 34.1 Å². The van der Waals surface area contributed by atoms with Crippen LogP contribution in [0, 0.1) is 18.3 Å². The average Bonchev–Trinajstić information content (AvgIpc) is 2.22. The van der Waals surface area contributed by atoms with E-state index in [1.807, 2.05) is 0 Å². The fourth-order valence-electron chi connectivity index (χ4n) is 2.01. The Balaban J connectivity index is 3.72. The van der Waals surface area contributed by atoms with Gasteiger partial charge >= 0.3 is 0 Å².